The molecule has 0 amide bonds. The van der Waals surface area contributed by atoms with E-state index in [-0.39, 0.29) is 56.6 Å². The third-order valence-corrected chi connectivity index (χ3v) is 8.84. The second kappa shape index (κ2) is 10.7. The first-order valence-electron chi connectivity index (χ1n) is 17.7. The maximum absolute atomic E-state index is 14.3. The molecule has 1 saturated carbocycles. The molecule has 1 aliphatic rings. The van der Waals surface area contributed by atoms with Gasteiger partial charge >= 0.3 is 6.18 Å². The highest BCUT2D eigenvalue weighted by Crippen LogP contribution is 2.46. The predicted molar refractivity (Wildman–Crippen MR) is 173 cm³/mol. The molecule has 2 aromatic heterocycles. The molecule has 0 unspecified atom stereocenters. The monoisotopic (exact) mass is 595 g/mol. The number of hydrogen-bond acceptors (Lipinski definition) is 2. The number of para-hydroxylation sites is 1. The van der Waals surface area contributed by atoms with Gasteiger partial charge in [0, 0.05) is 33.6 Å². The third kappa shape index (κ3) is 5.08. The van der Waals surface area contributed by atoms with E-state index in [1.54, 1.807) is 60.7 Å². The first-order chi connectivity index (χ1) is 23.5. The van der Waals surface area contributed by atoms with Crippen LogP contribution in [-0.4, -0.2) is 4.98 Å². The molecular weight excluding hydrogens is 555 g/mol. The third-order valence-electron chi connectivity index (χ3n) is 8.84. The fourth-order valence-corrected chi connectivity index (χ4v) is 6.26. The maximum Gasteiger partial charge on any atom is 0.417 e. The smallest absolute Gasteiger partial charge is 0.417 e. The van der Waals surface area contributed by atoms with Gasteiger partial charge < -0.3 is 4.42 Å². The summed E-state index contributed by atoms with van der Waals surface area (Å²) in [5.74, 6) is -0.947. The van der Waals surface area contributed by atoms with Crippen LogP contribution in [0.2, 0.25) is 0 Å². The summed E-state index contributed by atoms with van der Waals surface area (Å²) in [5, 5.41) is 1.02. The van der Waals surface area contributed by atoms with Crippen molar-refractivity contribution in [3.63, 3.8) is 0 Å². The Morgan fingerprint density at radius 3 is 2.30 bits per heavy atom. The summed E-state index contributed by atoms with van der Waals surface area (Å²) in [4.78, 5) is 4.48. The van der Waals surface area contributed by atoms with Crippen LogP contribution in [0.3, 0.4) is 0 Å². The molecule has 0 aliphatic heterocycles. The first kappa shape index (κ1) is 22.2. The van der Waals surface area contributed by atoms with E-state index in [1.807, 2.05) is 0 Å². The van der Waals surface area contributed by atoms with Crippen LogP contribution in [0.15, 0.2) is 102 Å². The zero-order valence-corrected chi connectivity index (χ0v) is 24.4. The van der Waals surface area contributed by atoms with Gasteiger partial charge in [-0.15, -0.1) is 0 Å². The fourth-order valence-electron chi connectivity index (χ4n) is 6.26. The molecule has 0 atom stereocenters. The lowest BCUT2D eigenvalue weighted by Gasteiger charge is -2.34. The van der Waals surface area contributed by atoms with Crippen molar-refractivity contribution in [1.29, 1.82) is 0 Å². The lowest BCUT2D eigenvalue weighted by molar-refractivity contribution is -0.137. The van der Waals surface area contributed by atoms with E-state index >= 15 is 0 Å². The molecule has 222 valence electrons. The lowest BCUT2D eigenvalue weighted by Crippen LogP contribution is -2.20. The number of aryl methyl sites for hydroxylation is 1. The topological polar surface area (TPSA) is 26.0 Å². The number of benzene rings is 4. The van der Waals surface area contributed by atoms with Crippen LogP contribution in [0, 0.1) is 12.3 Å². The van der Waals surface area contributed by atoms with Gasteiger partial charge in [0.25, 0.3) is 0 Å². The van der Waals surface area contributed by atoms with Gasteiger partial charge in [-0.1, -0.05) is 80.5 Å². The van der Waals surface area contributed by atoms with E-state index in [4.69, 9.17) is 11.3 Å². The molecule has 0 saturated heterocycles. The van der Waals surface area contributed by atoms with Gasteiger partial charge in [0.1, 0.15) is 11.2 Å². The summed E-state index contributed by atoms with van der Waals surface area (Å²) in [6.45, 7) is 1.72. The molecule has 0 N–H and O–H groups in total. The number of halogens is 3. The molecule has 6 aromatic rings. The number of alkyl halides is 3. The van der Waals surface area contributed by atoms with Gasteiger partial charge in [0.15, 0.2) is 0 Å². The second-order valence-electron chi connectivity index (χ2n) is 12.3. The quantitative estimate of drug-likeness (QED) is 0.203. The molecule has 44 heavy (non-hydrogen) atoms. The van der Waals surface area contributed by atoms with Crippen molar-refractivity contribution in [2.45, 2.75) is 58.5 Å². The van der Waals surface area contributed by atoms with Crippen LogP contribution in [0.25, 0.3) is 55.4 Å². The van der Waals surface area contributed by atoms with E-state index in [0.29, 0.717) is 40.3 Å². The van der Waals surface area contributed by atoms with Crippen molar-refractivity contribution >= 4 is 21.9 Å². The van der Waals surface area contributed by atoms with Crippen molar-refractivity contribution < 1.29 is 25.8 Å². The molecule has 0 radical (unpaired) electrons. The van der Waals surface area contributed by atoms with Crippen molar-refractivity contribution in [2.24, 2.45) is 5.41 Å². The zero-order chi connectivity index (χ0) is 35.8. The first-order valence-corrected chi connectivity index (χ1v) is 14.7. The van der Waals surface area contributed by atoms with E-state index in [9.17, 15) is 14.5 Å². The lowest BCUT2D eigenvalue weighted by atomic mass is 9.71. The Morgan fingerprint density at radius 1 is 0.864 bits per heavy atom. The molecule has 4 aromatic carbocycles. The molecule has 2 heterocycles. The maximum atomic E-state index is 14.3. The van der Waals surface area contributed by atoms with Crippen LogP contribution in [0.4, 0.5) is 13.2 Å². The molecule has 7 rings (SSSR count). The van der Waals surface area contributed by atoms with Crippen LogP contribution < -0.4 is 0 Å². The average Bonchev–Trinajstić information content (AvgIpc) is 3.44. The Kier molecular flexibility index (Phi) is 5.37. The normalized spacial score (nSPS) is 18.7. The number of rotatable bonds is 4. The van der Waals surface area contributed by atoms with Gasteiger partial charge in [0.05, 0.1) is 14.0 Å². The summed E-state index contributed by atoms with van der Waals surface area (Å²) in [5.41, 5.74) is 1.18. The van der Waals surface area contributed by atoms with Crippen LogP contribution in [-0.2, 0) is 6.18 Å². The van der Waals surface area contributed by atoms with Gasteiger partial charge in [-0.2, -0.15) is 13.2 Å². The number of hydrogen-bond donors (Lipinski definition) is 0. The zero-order valence-electron chi connectivity index (χ0n) is 30.4. The van der Waals surface area contributed by atoms with E-state index in [2.05, 4.69) is 18.8 Å². The summed E-state index contributed by atoms with van der Waals surface area (Å²) >= 11 is 0. The fraction of sp³-hybridized carbons (Fsp3) is 0.256. The Labute approximate surface area is 264 Å². The Morgan fingerprint density at radius 2 is 1.59 bits per heavy atom. The standard InChI is InChI=1S/C39H34F3NO/c1-24-23-43-34(22-32(24)27-14-12-25(13-15-27)26-18-20-38(2,3)21-19-26)31-11-7-10-29-30-16-17-33(39(40,41)42)35(37(30)44-36(29)31)28-8-5-4-6-9-28/h4-17,22-23,26H,18-21H2,1-3H3/i1D3,14D,15D,26D. The molecule has 0 spiro atoms. The molecular formula is C39H34F3NO. The average molecular weight is 596 g/mol. The van der Waals surface area contributed by atoms with Gasteiger partial charge in [-0.3, -0.25) is 4.98 Å². The van der Waals surface area contributed by atoms with Crippen molar-refractivity contribution in [3.8, 4) is 33.5 Å². The van der Waals surface area contributed by atoms with Crippen molar-refractivity contribution in [1.82, 2.24) is 4.98 Å². The molecule has 1 aliphatic carbocycles. The Balaban J connectivity index is 1.42. The van der Waals surface area contributed by atoms with Crippen molar-refractivity contribution in [3.05, 3.63) is 114 Å². The van der Waals surface area contributed by atoms with Crippen LogP contribution >= 0.6 is 0 Å². The highest BCUT2D eigenvalue weighted by molar-refractivity contribution is 6.13. The van der Waals surface area contributed by atoms with Crippen LogP contribution in [0.1, 0.15) is 70.3 Å². The van der Waals surface area contributed by atoms with E-state index in [1.165, 1.54) is 18.3 Å². The second-order valence-corrected chi connectivity index (χ2v) is 12.3. The number of furan rings is 1. The largest absolute Gasteiger partial charge is 0.455 e. The van der Waals surface area contributed by atoms with Gasteiger partial charge in [0.2, 0.25) is 0 Å². The van der Waals surface area contributed by atoms with Gasteiger partial charge in [-0.05, 0) is 95.9 Å². The summed E-state index contributed by atoms with van der Waals surface area (Å²) in [6.07, 6.45) is -0.570. The minimum atomic E-state index is -4.65. The molecule has 1 fully saturated rings. The summed E-state index contributed by atoms with van der Waals surface area (Å²) < 4.78 is 101. The van der Waals surface area contributed by atoms with E-state index < -0.39 is 24.5 Å². The molecule has 0 bridgehead atoms. The number of aromatic nitrogens is 1. The van der Waals surface area contributed by atoms with E-state index in [0.717, 1.165) is 18.9 Å². The highest BCUT2D eigenvalue weighted by atomic mass is 19.4. The summed E-state index contributed by atoms with van der Waals surface area (Å²) in [6, 6.07) is 20.4. The van der Waals surface area contributed by atoms with Crippen LogP contribution in [0.5, 0.6) is 0 Å². The number of nitrogens with zero attached hydrogens (tertiary/aromatic N) is 1. The Hall–Kier alpha value is -4.38. The molecule has 2 nitrogen and oxygen atoms in total. The van der Waals surface area contributed by atoms with Crippen molar-refractivity contribution in [2.75, 3.05) is 0 Å². The number of fused-ring (bicyclic) bond motifs is 3. The van der Waals surface area contributed by atoms with Gasteiger partial charge in [-0.25, -0.2) is 0 Å². The SMILES string of the molecule is [2H]c1cc(C2([2H])CCC(C)(C)CC2)cc([2H])c1-c1cc(-c2cccc3c2oc2c(-c4ccccc4)c(C(F)(F)F)ccc23)ncc1C([2H])([2H])[2H]. The summed E-state index contributed by atoms with van der Waals surface area (Å²) in [7, 11) is 0. The predicted octanol–water partition coefficient (Wildman–Crippen LogP) is 12.0. The minimum absolute atomic E-state index is 0.0562. The molecule has 5 heteroatoms. The highest BCUT2D eigenvalue weighted by Gasteiger charge is 2.36. The Bertz CT molecular complexity index is 2240. The minimum Gasteiger partial charge on any atom is -0.455 e. The number of pyridine rings is 1.